The van der Waals surface area contributed by atoms with Crippen molar-refractivity contribution < 1.29 is 9.84 Å². The Morgan fingerprint density at radius 2 is 2.21 bits per heavy atom. The molecule has 8 nitrogen and oxygen atoms in total. The average molecular weight is 380 g/mol. The van der Waals surface area contributed by atoms with Crippen molar-refractivity contribution in [2.24, 2.45) is 5.92 Å². The Morgan fingerprint density at radius 1 is 1.29 bits per heavy atom. The van der Waals surface area contributed by atoms with Crippen LogP contribution in [0.25, 0.3) is 11.4 Å². The van der Waals surface area contributed by atoms with Crippen molar-refractivity contribution in [1.82, 2.24) is 30.1 Å². The van der Waals surface area contributed by atoms with E-state index < -0.39 is 0 Å². The summed E-state index contributed by atoms with van der Waals surface area (Å²) < 4.78 is 5.21. The van der Waals surface area contributed by atoms with E-state index in [9.17, 15) is 5.11 Å². The van der Waals surface area contributed by atoms with Crippen LogP contribution in [0.1, 0.15) is 18.4 Å². The van der Waals surface area contributed by atoms with E-state index in [2.05, 4.69) is 25.3 Å². The van der Waals surface area contributed by atoms with Crippen molar-refractivity contribution in [1.29, 1.82) is 0 Å². The summed E-state index contributed by atoms with van der Waals surface area (Å²) in [5, 5.41) is 22.6. The first kappa shape index (κ1) is 18.4. The standard InChI is InChI=1S/C20H24N6O2/c1-28-19-10-15(6-7-18(19)27)12-25-9-3-4-16(13-25)14-26-23-20(22-24-26)17-5-2-8-21-11-17/h2,5-8,10-11,16,27H,3-4,9,12-14H2,1H3/t16-/m0/s1. The molecule has 0 unspecified atom stereocenters. The highest BCUT2D eigenvalue weighted by Crippen LogP contribution is 2.28. The van der Waals surface area contributed by atoms with Gasteiger partial charge in [-0.05, 0) is 60.3 Å². The first-order valence-electron chi connectivity index (χ1n) is 9.47. The molecular formula is C20H24N6O2. The maximum Gasteiger partial charge on any atom is 0.206 e. The zero-order valence-corrected chi connectivity index (χ0v) is 15.9. The fourth-order valence-electron chi connectivity index (χ4n) is 3.68. The summed E-state index contributed by atoms with van der Waals surface area (Å²) in [6.07, 6.45) is 5.77. The number of hydrogen-bond donors (Lipinski definition) is 1. The molecule has 1 fully saturated rings. The molecule has 3 aromatic rings. The molecular weight excluding hydrogens is 356 g/mol. The Morgan fingerprint density at radius 3 is 3.04 bits per heavy atom. The number of piperidine rings is 1. The number of benzene rings is 1. The summed E-state index contributed by atoms with van der Waals surface area (Å²) in [5.74, 6) is 1.77. The maximum atomic E-state index is 9.77. The lowest BCUT2D eigenvalue weighted by atomic mass is 9.97. The molecule has 0 radical (unpaired) electrons. The number of hydrogen-bond acceptors (Lipinski definition) is 7. The number of ether oxygens (including phenoxy) is 1. The minimum atomic E-state index is 0.171. The SMILES string of the molecule is COc1cc(CN2CCC[C@H](Cn3nnc(-c4cccnc4)n3)C2)ccc1O. The van der Waals surface area contributed by atoms with Crippen LogP contribution < -0.4 is 4.74 Å². The molecule has 0 spiro atoms. The number of aromatic hydroxyl groups is 1. The average Bonchev–Trinajstić information content (AvgIpc) is 3.19. The van der Waals surface area contributed by atoms with Crippen LogP contribution in [0, 0.1) is 5.92 Å². The number of methoxy groups -OCH3 is 1. The molecule has 1 aromatic carbocycles. The predicted molar refractivity (Wildman–Crippen MR) is 104 cm³/mol. The molecule has 4 rings (SSSR count). The molecule has 0 amide bonds. The number of aromatic nitrogens is 5. The number of rotatable bonds is 6. The summed E-state index contributed by atoms with van der Waals surface area (Å²) in [4.78, 5) is 8.23. The molecule has 3 heterocycles. The van der Waals surface area contributed by atoms with Crippen LogP contribution in [-0.2, 0) is 13.1 Å². The number of nitrogens with zero attached hydrogens (tertiary/aromatic N) is 6. The van der Waals surface area contributed by atoms with Crippen molar-refractivity contribution in [3.63, 3.8) is 0 Å². The van der Waals surface area contributed by atoms with Gasteiger partial charge in [-0.3, -0.25) is 9.88 Å². The van der Waals surface area contributed by atoms with Gasteiger partial charge in [0.1, 0.15) is 0 Å². The van der Waals surface area contributed by atoms with Gasteiger partial charge in [-0.2, -0.15) is 4.80 Å². The molecule has 146 valence electrons. The predicted octanol–water partition coefficient (Wildman–Crippen LogP) is 2.36. The number of phenolic OH excluding ortho intramolecular Hbond substituents is 1. The van der Waals surface area contributed by atoms with Gasteiger partial charge in [0, 0.05) is 31.0 Å². The maximum absolute atomic E-state index is 9.77. The second kappa shape index (κ2) is 8.35. The van der Waals surface area contributed by atoms with Gasteiger partial charge in [0.15, 0.2) is 11.5 Å². The lowest BCUT2D eigenvalue weighted by Crippen LogP contribution is -2.36. The highest BCUT2D eigenvalue weighted by molar-refractivity contribution is 5.51. The Labute approximate surface area is 163 Å². The van der Waals surface area contributed by atoms with Crippen LogP contribution in [0.2, 0.25) is 0 Å². The van der Waals surface area contributed by atoms with Gasteiger partial charge in [-0.1, -0.05) is 6.07 Å². The van der Waals surface area contributed by atoms with Crippen LogP contribution in [0.4, 0.5) is 0 Å². The van der Waals surface area contributed by atoms with Crippen LogP contribution in [0.3, 0.4) is 0 Å². The third-order valence-corrected chi connectivity index (χ3v) is 5.05. The van der Waals surface area contributed by atoms with E-state index in [0.717, 1.165) is 50.1 Å². The molecule has 0 aliphatic carbocycles. The molecule has 0 saturated carbocycles. The van der Waals surface area contributed by atoms with Crippen LogP contribution in [0.5, 0.6) is 11.5 Å². The molecule has 2 aromatic heterocycles. The monoisotopic (exact) mass is 380 g/mol. The number of phenols is 1. The topological polar surface area (TPSA) is 89.2 Å². The molecule has 1 atom stereocenters. The van der Waals surface area contributed by atoms with Gasteiger partial charge in [0.05, 0.1) is 13.7 Å². The van der Waals surface area contributed by atoms with Gasteiger partial charge < -0.3 is 9.84 Å². The van der Waals surface area contributed by atoms with Crippen molar-refractivity contribution in [2.45, 2.75) is 25.9 Å². The minimum Gasteiger partial charge on any atom is -0.504 e. The molecule has 1 aliphatic rings. The fraction of sp³-hybridized carbons (Fsp3) is 0.400. The van der Waals surface area contributed by atoms with E-state index in [1.165, 1.54) is 0 Å². The molecule has 1 saturated heterocycles. The second-order valence-electron chi connectivity index (χ2n) is 7.16. The van der Waals surface area contributed by atoms with Crippen molar-refractivity contribution in [2.75, 3.05) is 20.2 Å². The van der Waals surface area contributed by atoms with Gasteiger partial charge in [-0.25, -0.2) is 0 Å². The van der Waals surface area contributed by atoms with E-state index in [1.54, 1.807) is 30.4 Å². The Bertz CT molecular complexity index is 914. The minimum absolute atomic E-state index is 0.171. The van der Waals surface area contributed by atoms with Crippen molar-refractivity contribution in [3.8, 4) is 22.9 Å². The van der Waals surface area contributed by atoms with E-state index in [0.29, 0.717) is 17.5 Å². The summed E-state index contributed by atoms with van der Waals surface area (Å²) in [6.45, 7) is 3.62. The van der Waals surface area contributed by atoms with Crippen LogP contribution >= 0.6 is 0 Å². The lowest BCUT2D eigenvalue weighted by Gasteiger charge is -2.32. The van der Waals surface area contributed by atoms with Gasteiger partial charge in [0.25, 0.3) is 0 Å². The van der Waals surface area contributed by atoms with Crippen molar-refractivity contribution >= 4 is 0 Å². The lowest BCUT2D eigenvalue weighted by molar-refractivity contribution is 0.149. The first-order valence-corrected chi connectivity index (χ1v) is 9.47. The third-order valence-electron chi connectivity index (χ3n) is 5.05. The summed E-state index contributed by atoms with van der Waals surface area (Å²) >= 11 is 0. The Kier molecular flexibility index (Phi) is 5.48. The highest BCUT2D eigenvalue weighted by atomic mass is 16.5. The second-order valence-corrected chi connectivity index (χ2v) is 7.16. The van der Waals surface area contributed by atoms with Gasteiger partial charge in [-0.15, -0.1) is 10.2 Å². The smallest absolute Gasteiger partial charge is 0.206 e. The number of pyridine rings is 1. The third kappa shape index (κ3) is 4.28. The zero-order chi connectivity index (χ0) is 19.3. The fourth-order valence-corrected chi connectivity index (χ4v) is 3.68. The normalized spacial score (nSPS) is 17.5. The van der Waals surface area contributed by atoms with E-state index in [1.807, 2.05) is 24.3 Å². The Balaban J connectivity index is 1.37. The van der Waals surface area contributed by atoms with E-state index in [4.69, 9.17) is 4.74 Å². The highest BCUT2D eigenvalue weighted by Gasteiger charge is 2.22. The summed E-state index contributed by atoms with van der Waals surface area (Å²) in [7, 11) is 1.57. The number of likely N-dealkylation sites (tertiary alicyclic amines) is 1. The Hall–Kier alpha value is -3.00. The quantitative estimate of drug-likeness (QED) is 0.702. The first-order chi connectivity index (χ1) is 13.7. The zero-order valence-electron chi connectivity index (χ0n) is 15.9. The van der Waals surface area contributed by atoms with Crippen LogP contribution in [0.15, 0.2) is 42.7 Å². The molecule has 8 heteroatoms. The molecule has 1 N–H and O–H groups in total. The molecule has 0 bridgehead atoms. The van der Waals surface area contributed by atoms with Crippen LogP contribution in [-0.4, -0.2) is 55.4 Å². The van der Waals surface area contributed by atoms with Gasteiger partial charge >= 0.3 is 0 Å². The summed E-state index contributed by atoms with van der Waals surface area (Å²) in [5.41, 5.74) is 2.01. The largest absolute Gasteiger partial charge is 0.504 e. The van der Waals surface area contributed by atoms with Crippen molar-refractivity contribution in [3.05, 3.63) is 48.3 Å². The molecule has 28 heavy (non-hydrogen) atoms. The van der Waals surface area contributed by atoms with Gasteiger partial charge in [0.2, 0.25) is 5.82 Å². The number of tetrazole rings is 1. The van der Waals surface area contributed by atoms with E-state index >= 15 is 0 Å². The summed E-state index contributed by atoms with van der Waals surface area (Å²) in [6, 6.07) is 9.34. The molecule has 1 aliphatic heterocycles. The van der Waals surface area contributed by atoms with E-state index in [-0.39, 0.29) is 5.75 Å².